The Morgan fingerprint density at radius 3 is 2.43 bits per heavy atom. The summed E-state index contributed by atoms with van der Waals surface area (Å²) in [4.78, 5) is 24.5. The fraction of sp³-hybridized carbons (Fsp3) is 0.0870. The highest BCUT2D eigenvalue weighted by Gasteiger charge is 2.08. The molecule has 7 nitrogen and oxygen atoms in total. The van der Waals surface area contributed by atoms with Crippen molar-refractivity contribution in [3.63, 3.8) is 0 Å². The van der Waals surface area contributed by atoms with E-state index >= 15 is 0 Å². The molecule has 0 heterocycles. The van der Waals surface area contributed by atoms with Gasteiger partial charge in [0.05, 0.1) is 13.3 Å². The van der Waals surface area contributed by atoms with E-state index in [2.05, 4.69) is 15.8 Å². The summed E-state index contributed by atoms with van der Waals surface area (Å²) < 4.78 is 5.03. The first-order valence-electron chi connectivity index (χ1n) is 9.15. The Morgan fingerprint density at radius 1 is 0.967 bits per heavy atom. The quantitative estimate of drug-likeness (QED) is 0.431. The molecule has 0 aliphatic carbocycles. The molecule has 0 spiro atoms. The van der Waals surface area contributed by atoms with Crippen molar-refractivity contribution in [1.82, 2.24) is 5.43 Å². The SMILES string of the molecule is COc1cc(C=NNC(=O)c2ccc(NC(=O)c3cccc(C)c3)cc2)ccc1O. The van der Waals surface area contributed by atoms with Crippen molar-refractivity contribution in [3.8, 4) is 11.5 Å². The lowest BCUT2D eigenvalue weighted by Crippen LogP contribution is -2.18. The second kappa shape index (κ2) is 9.38. The maximum atomic E-state index is 12.3. The van der Waals surface area contributed by atoms with Crippen LogP contribution in [0.1, 0.15) is 31.8 Å². The fourth-order valence-electron chi connectivity index (χ4n) is 2.70. The highest BCUT2D eigenvalue weighted by Crippen LogP contribution is 2.25. The summed E-state index contributed by atoms with van der Waals surface area (Å²) in [5.41, 5.74) is 5.63. The number of carbonyl (C=O) groups excluding carboxylic acids is 2. The second-order valence-corrected chi connectivity index (χ2v) is 6.53. The zero-order valence-electron chi connectivity index (χ0n) is 16.5. The number of nitrogens with one attached hydrogen (secondary N) is 2. The minimum Gasteiger partial charge on any atom is -0.504 e. The van der Waals surface area contributed by atoms with E-state index in [0.717, 1.165) is 5.56 Å². The lowest BCUT2D eigenvalue weighted by Gasteiger charge is -2.07. The zero-order chi connectivity index (χ0) is 21.5. The molecule has 152 valence electrons. The molecule has 0 aliphatic rings. The standard InChI is InChI=1S/C23H21N3O4/c1-15-4-3-5-18(12-15)22(28)25-19-9-7-17(8-10-19)23(29)26-24-14-16-6-11-20(27)21(13-16)30-2/h3-14,27H,1-2H3,(H,25,28)(H,26,29). The number of aromatic hydroxyl groups is 1. The predicted octanol–water partition coefficient (Wildman–Crippen LogP) is 3.73. The zero-order valence-corrected chi connectivity index (χ0v) is 16.5. The van der Waals surface area contributed by atoms with E-state index in [9.17, 15) is 14.7 Å². The van der Waals surface area contributed by atoms with Gasteiger partial charge in [-0.2, -0.15) is 5.10 Å². The van der Waals surface area contributed by atoms with E-state index in [1.807, 2.05) is 19.1 Å². The number of amides is 2. The van der Waals surface area contributed by atoms with Crippen LogP contribution in [0.5, 0.6) is 11.5 Å². The number of phenolic OH excluding ortho intramolecular Hbond substituents is 1. The molecule has 0 aromatic heterocycles. The van der Waals surface area contributed by atoms with Gasteiger partial charge in [-0.1, -0.05) is 17.7 Å². The summed E-state index contributed by atoms with van der Waals surface area (Å²) in [5.74, 6) is -0.278. The molecular formula is C23H21N3O4. The van der Waals surface area contributed by atoms with Crippen molar-refractivity contribution in [3.05, 3.63) is 89.0 Å². The van der Waals surface area contributed by atoms with Crippen LogP contribution in [0.4, 0.5) is 5.69 Å². The Balaban J connectivity index is 1.59. The van der Waals surface area contributed by atoms with Gasteiger partial charge in [-0.05, 0) is 67.1 Å². The second-order valence-electron chi connectivity index (χ2n) is 6.53. The molecule has 3 aromatic rings. The molecule has 0 aliphatic heterocycles. The Labute approximate surface area is 174 Å². The summed E-state index contributed by atoms with van der Waals surface area (Å²) in [6.45, 7) is 1.92. The van der Waals surface area contributed by atoms with Crippen LogP contribution in [-0.4, -0.2) is 30.2 Å². The third-order valence-corrected chi connectivity index (χ3v) is 4.27. The van der Waals surface area contributed by atoms with E-state index in [1.165, 1.54) is 19.4 Å². The normalized spacial score (nSPS) is 10.6. The van der Waals surface area contributed by atoms with Gasteiger partial charge in [-0.3, -0.25) is 9.59 Å². The first-order chi connectivity index (χ1) is 14.5. The van der Waals surface area contributed by atoms with Crippen LogP contribution < -0.4 is 15.5 Å². The number of nitrogens with zero attached hydrogens (tertiary/aromatic N) is 1. The molecule has 3 rings (SSSR count). The summed E-state index contributed by atoms with van der Waals surface area (Å²) in [7, 11) is 1.45. The van der Waals surface area contributed by atoms with Gasteiger partial charge in [0, 0.05) is 16.8 Å². The van der Waals surface area contributed by atoms with Gasteiger partial charge in [0.2, 0.25) is 0 Å². The third-order valence-electron chi connectivity index (χ3n) is 4.27. The van der Waals surface area contributed by atoms with E-state index < -0.39 is 5.91 Å². The summed E-state index contributed by atoms with van der Waals surface area (Å²) in [6, 6.07) is 18.5. The fourth-order valence-corrected chi connectivity index (χ4v) is 2.70. The number of hydrogen-bond acceptors (Lipinski definition) is 5. The number of anilines is 1. The van der Waals surface area contributed by atoms with E-state index in [-0.39, 0.29) is 11.7 Å². The maximum absolute atomic E-state index is 12.3. The maximum Gasteiger partial charge on any atom is 0.271 e. The van der Waals surface area contributed by atoms with Gasteiger partial charge in [-0.25, -0.2) is 5.43 Å². The van der Waals surface area contributed by atoms with Crippen molar-refractivity contribution in [2.45, 2.75) is 6.92 Å². The number of phenols is 1. The summed E-state index contributed by atoms with van der Waals surface area (Å²) in [5, 5.41) is 16.3. The number of aryl methyl sites for hydroxylation is 1. The highest BCUT2D eigenvalue weighted by atomic mass is 16.5. The van der Waals surface area contributed by atoms with Crippen molar-refractivity contribution in [2.75, 3.05) is 12.4 Å². The van der Waals surface area contributed by atoms with Crippen molar-refractivity contribution < 1.29 is 19.4 Å². The average Bonchev–Trinajstić information content (AvgIpc) is 2.75. The minimum absolute atomic E-state index is 0.0215. The Morgan fingerprint density at radius 2 is 1.73 bits per heavy atom. The van der Waals surface area contributed by atoms with E-state index in [4.69, 9.17) is 4.74 Å². The number of hydrazone groups is 1. The number of rotatable bonds is 6. The molecule has 2 amide bonds. The molecule has 0 bridgehead atoms. The molecule has 3 N–H and O–H groups in total. The van der Waals surface area contributed by atoms with Gasteiger partial charge in [0.1, 0.15) is 0 Å². The first-order valence-corrected chi connectivity index (χ1v) is 9.15. The van der Waals surface area contributed by atoms with Gasteiger partial charge in [0.15, 0.2) is 11.5 Å². The molecule has 30 heavy (non-hydrogen) atoms. The average molecular weight is 403 g/mol. The van der Waals surface area contributed by atoms with Gasteiger partial charge in [-0.15, -0.1) is 0 Å². The number of benzene rings is 3. The largest absolute Gasteiger partial charge is 0.504 e. The van der Waals surface area contributed by atoms with Crippen LogP contribution in [0, 0.1) is 6.92 Å². The third kappa shape index (κ3) is 5.23. The molecule has 0 unspecified atom stereocenters. The molecule has 7 heteroatoms. The molecular weight excluding hydrogens is 382 g/mol. The number of ether oxygens (including phenoxy) is 1. The first kappa shape index (κ1) is 20.6. The van der Waals surface area contributed by atoms with Crippen LogP contribution in [0.25, 0.3) is 0 Å². The minimum atomic E-state index is -0.395. The van der Waals surface area contributed by atoms with Gasteiger partial charge < -0.3 is 15.2 Å². The summed E-state index contributed by atoms with van der Waals surface area (Å²) in [6.07, 6.45) is 1.44. The number of methoxy groups -OCH3 is 1. The lowest BCUT2D eigenvalue weighted by atomic mass is 10.1. The topological polar surface area (TPSA) is 100 Å². The molecule has 0 radical (unpaired) electrons. The Hall–Kier alpha value is -4.13. The smallest absolute Gasteiger partial charge is 0.271 e. The molecule has 0 fully saturated rings. The van der Waals surface area contributed by atoms with Gasteiger partial charge >= 0.3 is 0 Å². The van der Waals surface area contributed by atoms with E-state index in [1.54, 1.807) is 48.5 Å². The van der Waals surface area contributed by atoms with Crippen molar-refractivity contribution in [2.24, 2.45) is 5.10 Å². The van der Waals surface area contributed by atoms with Crippen LogP contribution in [-0.2, 0) is 0 Å². The van der Waals surface area contributed by atoms with E-state index in [0.29, 0.717) is 28.1 Å². The van der Waals surface area contributed by atoms with Crippen molar-refractivity contribution in [1.29, 1.82) is 0 Å². The van der Waals surface area contributed by atoms with Crippen molar-refractivity contribution >= 4 is 23.7 Å². The molecule has 3 aromatic carbocycles. The molecule has 0 atom stereocenters. The molecule has 0 saturated carbocycles. The van der Waals surface area contributed by atoms with Crippen LogP contribution >= 0.6 is 0 Å². The highest BCUT2D eigenvalue weighted by molar-refractivity contribution is 6.04. The lowest BCUT2D eigenvalue weighted by molar-refractivity contribution is 0.0954. The number of carbonyl (C=O) groups is 2. The predicted molar refractivity (Wildman–Crippen MR) is 115 cm³/mol. The number of hydrogen-bond donors (Lipinski definition) is 3. The molecule has 0 saturated heterocycles. The Bertz CT molecular complexity index is 1090. The van der Waals surface area contributed by atoms with Gasteiger partial charge in [0.25, 0.3) is 11.8 Å². The van der Waals surface area contributed by atoms with Crippen LogP contribution in [0.2, 0.25) is 0 Å². The monoisotopic (exact) mass is 403 g/mol. The Kier molecular flexibility index (Phi) is 6.44. The summed E-state index contributed by atoms with van der Waals surface area (Å²) >= 11 is 0. The van der Waals surface area contributed by atoms with Crippen LogP contribution in [0.3, 0.4) is 0 Å². The van der Waals surface area contributed by atoms with Crippen LogP contribution in [0.15, 0.2) is 71.8 Å².